The SMILES string of the molecule is CNC(=O)C1(N(C)Cc2cc3c(Nc4cccc(Cl)c4F)ncnc3cc2OC)CCNC1. The van der Waals surface area contributed by atoms with Crippen molar-refractivity contribution >= 4 is 39.9 Å². The summed E-state index contributed by atoms with van der Waals surface area (Å²) in [6, 6.07) is 8.47. The third-order valence-corrected chi connectivity index (χ3v) is 6.45. The van der Waals surface area contributed by atoms with Crippen LogP contribution in [0.1, 0.15) is 12.0 Å². The first-order valence-electron chi connectivity index (χ1n) is 10.6. The number of likely N-dealkylation sites (N-methyl/N-ethyl adjacent to an activating group) is 2. The molecule has 1 aliphatic rings. The quantitative estimate of drug-likeness (QED) is 0.486. The molecule has 4 rings (SSSR count). The Kier molecular flexibility index (Phi) is 6.64. The van der Waals surface area contributed by atoms with Gasteiger partial charge in [0, 0.05) is 37.2 Å². The fourth-order valence-corrected chi connectivity index (χ4v) is 4.46. The fourth-order valence-electron chi connectivity index (χ4n) is 4.28. The number of anilines is 2. The first-order chi connectivity index (χ1) is 15.9. The summed E-state index contributed by atoms with van der Waals surface area (Å²) in [5, 5.41) is 9.82. The molecule has 8 nitrogen and oxygen atoms in total. The van der Waals surface area contributed by atoms with Crippen LogP contribution in [0.3, 0.4) is 0 Å². The number of ether oxygens (including phenoxy) is 1. The molecule has 1 atom stereocenters. The molecule has 1 saturated heterocycles. The normalized spacial score (nSPS) is 18.0. The number of amides is 1. The van der Waals surface area contributed by atoms with Crippen LogP contribution in [0, 0.1) is 5.82 Å². The highest BCUT2D eigenvalue weighted by molar-refractivity contribution is 6.31. The average Bonchev–Trinajstić information content (AvgIpc) is 3.33. The highest BCUT2D eigenvalue weighted by atomic mass is 35.5. The number of carbonyl (C=O) groups is 1. The molecule has 174 valence electrons. The minimum absolute atomic E-state index is 0.0204. The highest BCUT2D eigenvalue weighted by Gasteiger charge is 2.44. The second-order valence-corrected chi connectivity index (χ2v) is 8.43. The van der Waals surface area contributed by atoms with Gasteiger partial charge in [0.15, 0.2) is 5.82 Å². The molecule has 10 heteroatoms. The van der Waals surface area contributed by atoms with Gasteiger partial charge in [-0.25, -0.2) is 14.4 Å². The van der Waals surface area contributed by atoms with Crippen LogP contribution < -0.4 is 20.7 Å². The van der Waals surface area contributed by atoms with Crippen molar-refractivity contribution in [3.8, 4) is 5.75 Å². The van der Waals surface area contributed by atoms with Crippen molar-refractivity contribution < 1.29 is 13.9 Å². The Balaban J connectivity index is 1.73. The van der Waals surface area contributed by atoms with Crippen molar-refractivity contribution in [1.29, 1.82) is 0 Å². The Labute approximate surface area is 196 Å². The number of hydrogen-bond donors (Lipinski definition) is 3. The molecule has 0 saturated carbocycles. The van der Waals surface area contributed by atoms with Crippen LogP contribution in [-0.4, -0.2) is 60.6 Å². The zero-order chi connectivity index (χ0) is 23.6. The third kappa shape index (κ3) is 4.31. The number of nitrogens with one attached hydrogen (secondary N) is 3. The summed E-state index contributed by atoms with van der Waals surface area (Å²) in [6.07, 6.45) is 2.10. The summed E-state index contributed by atoms with van der Waals surface area (Å²) in [5.74, 6) is 0.500. The molecule has 1 aromatic heterocycles. The molecule has 0 aliphatic carbocycles. The molecule has 2 aromatic carbocycles. The summed E-state index contributed by atoms with van der Waals surface area (Å²) >= 11 is 5.93. The molecule has 1 fully saturated rings. The maximum absolute atomic E-state index is 14.5. The monoisotopic (exact) mass is 472 g/mol. The first-order valence-corrected chi connectivity index (χ1v) is 10.9. The molecular weight excluding hydrogens is 447 g/mol. The molecule has 1 unspecified atom stereocenters. The van der Waals surface area contributed by atoms with Crippen LogP contribution in [0.5, 0.6) is 5.75 Å². The van der Waals surface area contributed by atoms with E-state index in [-0.39, 0.29) is 16.6 Å². The first kappa shape index (κ1) is 23.2. The minimum Gasteiger partial charge on any atom is -0.496 e. The van der Waals surface area contributed by atoms with Gasteiger partial charge in [-0.05, 0) is 38.2 Å². The van der Waals surface area contributed by atoms with E-state index in [1.807, 2.05) is 24.1 Å². The van der Waals surface area contributed by atoms with Crippen molar-refractivity contribution in [1.82, 2.24) is 25.5 Å². The van der Waals surface area contributed by atoms with Crippen LogP contribution in [0.4, 0.5) is 15.9 Å². The lowest BCUT2D eigenvalue weighted by atomic mass is 9.94. The Hall–Kier alpha value is -3.01. The van der Waals surface area contributed by atoms with Crippen LogP contribution in [0.2, 0.25) is 5.02 Å². The van der Waals surface area contributed by atoms with Gasteiger partial charge in [0.05, 0.1) is 23.3 Å². The van der Waals surface area contributed by atoms with Crippen molar-refractivity contribution in [2.45, 2.75) is 18.5 Å². The van der Waals surface area contributed by atoms with E-state index in [2.05, 4.69) is 25.9 Å². The maximum atomic E-state index is 14.5. The van der Waals surface area contributed by atoms with Crippen molar-refractivity contribution in [3.05, 3.63) is 53.1 Å². The van der Waals surface area contributed by atoms with Crippen LogP contribution in [0.15, 0.2) is 36.7 Å². The number of aromatic nitrogens is 2. The van der Waals surface area contributed by atoms with Gasteiger partial charge in [0.1, 0.15) is 23.4 Å². The molecule has 3 N–H and O–H groups in total. The van der Waals surface area contributed by atoms with Crippen LogP contribution in [0.25, 0.3) is 10.9 Å². The minimum atomic E-state index is -0.660. The van der Waals surface area contributed by atoms with Gasteiger partial charge in [0.2, 0.25) is 5.91 Å². The Morgan fingerprint density at radius 2 is 2.18 bits per heavy atom. The number of hydrogen-bond acceptors (Lipinski definition) is 7. The lowest BCUT2D eigenvalue weighted by molar-refractivity contribution is -0.131. The zero-order valence-electron chi connectivity index (χ0n) is 18.7. The van der Waals surface area contributed by atoms with Crippen molar-refractivity contribution in [2.75, 3.05) is 39.6 Å². The summed E-state index contributed by atoms with van der Waals surface area (Å²) in [7, 11) is 5.17. The number of rotatable bonds is 7. The average molecular weight is 473 g/mol. The third-order valence-electron chi connectivity index (χ3n) is 6.16. The predicted octanol–water partition coefficient (Wildman–Crippen LogP) is 3.08. The van der Waals surface area contributed by atoms with Gasteiger partial charge in [-0.15, -0.1) is 0 Å². The number of halogens is 2. The lowest BCUT2D eigenvalue weighted by Gasteiger charge is -2.36. The summed E-state index contributed by atoms with van der Waals surface area (Å²) < 4.78 is 20.1. The second kappa shape index (κ2) is 9.46. The highest BCUT2D eigenvalue weighted by Crippen LogP contribution is 2.33. The molecule has 3 aromatic rings. The molecule has 1 amide bonds. The van der Waals surface area contributed by atoms with Gasteiger partial charge in [-0.1, -0.05) is 17.7 Å². The molecule has 1 aliphatic heterocycles. The Bertz CT molecular complexity index is 1190. The van der Waals surface area contributed by atoms with E-state index in [4.69, 9.17) is 16.3 Å². The van der Waals surface area contributed by atoms with Crippen LogP contribution in [-0.2, 0) is 11.3 Å². The maximum Gasteiger partial charge on any atom is 0.241 e. The van der Waals surface area contributed by atoms with Crippen molar-refractivity contribution in [3.63, 3.8) is 0 Å². The smallest absolute Gasteiger partial charge is 0.241 e. The van der Waals surface area contributed by atoms with Gasteiger partial charge in [-0.2, -0.15) is 0 Å². The summed E-state index contributed by atoms with van der Waals surface area (Å²) in [4.78, 5) is 23.4. The van der Waals surface area contributed by atoms with E-state index < -0.39 is 11.4 Å². The summed E-state index contributed by atoms with van der Waals surface area (Å²) in [6.45, 7) is 1.77. The molecule has 0 bridgehead atoms. The van der Waals surface area contributed by atoms with Gasteiger partial charge in [-0.3, -0.25) is 9.69 Å². The zero-order valence-corrected chi connectivity index (χ0v) is 19.5. The van der Waals surface area contributed by atoms with E-state index in [9.17, 15) is 9.18 Å². The van der Waals surface area contributed by atoms with Gasteiger partial charge >= 0.3 is 0 Å². The molecular formula is C23H26ClFN6O2. The fraction of sp³-hybridized carbons (Fsp3) is 0.348. The van der Waals surface area contributed by atoms with Crippen molar-refractivity contribution in [2.24, 2.45) is 0 Å². The van der Waals surface area contributed by atoms with Gasteiger partial charge in [0.25, 0.3) is 0 Å². The standard InChI is InChI=1S/C23H26ClFN6O2/c1-26-22(32)23(7-8-27-12-23)31(2)11-14-9-15-18(10-19(14)33-3)28-13-29-21(15)30-17-6-4-5-16(24)20(17)25/h4-6,9-10,13,27H,7-8,11-12H2,1-3H3,(H,26,32)(H,28,29,30). The largest absolute Gasteiger partial charge is 0.496 e. The predicted molar refractivity (Wildman–Crippen MR) is 127 cm³/mol. The molecule has 33 heavy (non-hydrogen) atoms. The molecule has 2 heterocycles. The molecule has 0 radical (unpaired) electrons. The van der Waals surface area contributed by atoms with E-state index in [0.717, 1.165) is 12.1 Å². The molecule has 0 spiro atoms. The summed E-state index contributed by atoms with van der Waals surface area (Å²) in [5.41, 5.74) is 1.05. The number of benzene rings is 2. The second-order valence-electron chi connectivity index (χ2n) is 8.02. The van der Waals surface area contributed by atoms with E-state index in [1.165, 1.54) is 12.4 Å². The van der Waals surface area contributed by atoms with E-state index >= 15 is 0 Å². The number of methoxy groups -OCH3 is 1. The van der Waals surface area contributed by atoms with Gasteiger partial charge < -0.3 is 20.7 Å². The van der Waals surface area contributed by atoms with E-state index in [0.29, 0.717) is 42.0 Å². The Morgan fingerprint density at radius 1 is 1.36 bits per heavy atom. The topological polar surface area (TPSA) is 91.4 Å². The van der Waals surface area contributed by atoms with Crippen LogP contribution >= 0.6 is 11.6 Å². The lowest BCUT2D eigenvalue weighted by Crippen LogP contribution is -2.58. The Morgan fingerprint density at radius 3 is 2.88 bits per heavy atom. The number of nitrogens with zero attached hydrogens (tertiary/aromatic N) is 3. The number of fused-ring (bicyclic) bond motifs is 1. The number of carbonyl (C=O) groups excluding carboxylic acids is 1. The van der Waals surface area contributed by atoms with E-state index in [1.54, 1.807) is 26.3 Å².